The standard InChI is InChI=1S/C38H53NO6Si2/c1-37(2,3)46(7,8)44-25-28-20-31(33-23-35(40)39(36(41)42)34(33)26-45-47(9,10)38(4,5)6)22-32(21-28)43-24-27-15-14-18-30(19-27)29-16-12-11-13-17-29/h11-22,33-34H,23-26H2,1-10H3,(H,41,42). The van der Waals surface area contributed by atoms with Crippen LogP contribution in [-0.4, -0.2) is 51.3 Å². The molecule has 0 aromatic heterocycles. The van der Waals surface area contributed by atoms with Crippen LogP contribution >= 0.6 is 0 Å². The molecular weight excluding hydrogens is 623 g/mol. The number of amides is 2. The van der Waals surface area contributed by atoms with Gasteiger partial charge in [0.15, 0.2) is 16.6 Å². The Bertz CT molecular complexity index is 1560. The summed E-state index contributed by atoms with van der Waals surface area (Å²) < 4.78 is 19.6. The zero-order chi connectivity index (χ0) is 34.8. The van der Waals surface area contributed by atoms with Gasteiger partial charge in [-0.05, 0) is 82.3 Å². The molecule has 2 amide bonds. The minimum Gasteiger partial charge on any atom is -0.489 e. The molecule has 0 radical (unpaired) electrons. The summed E-state index contributed by atoms with van der Waals surface area (Å²) in [6, 6.07) is 23.9. The Kier molecular flexibility index (Phi) is 11.0. The first-order valence-electron chi connectivity index (χ1n) is 16.5. The second kappa shape index (κ2) is 14.1. The Labute approximate surface area is 283 Å². The molecular formula is C38H53NO6Si2. The van der Waals surface area contributed by atoms with Crippen molar-refractivity contribution >= 4 is 28.6 Å². The number of hydrogen-bond acceptors (Lipinski definition) is 5. The molecule has 0 aliphatic carbocycles. The maximum Gasteiger partial charge on any atom is 0.414 e. The van der Waals surface area contributed by atoms with Gasteiger partial charge >= 0.3 is 6.09 Å². The molecule has 0 saturated carbocycles. The largest absolute Gasteiger partial charge is 0.489 e. The first-order chi connectivity index (χ1) is 21.8. The third-order valence-corrected chi connectivity index (χ3v) is 19.3. The first-order valence-corrected chi connectivity index (χ1v) is 22.3. The molecule has 1 fully saturated rings. The van der Waals surface area contributed by atoms with Gasteiger partial charge in [-0.25, -0.2) is 9.69 Å². The molecule has 4 rings (SSSR count). The van der Waals surface area contributed by atoms with Crippen molar-refractivity contribution in [1.82, 2.24) is 4.90 Å². The van der Waals surface area contributed by atoms with Gasteiger partial charge in [0.05, 0.1) is 19.3 Å². The monoisotopic (exact) mass is 675 g/mol. The van der Waals surface area contributed by atoms with Crippen molar-refractivity contribution in [3.05, 3.63) is 89.5 Å². The zero-order valence-electron chi connectivity index (χ0n) is 29.8. The van der Waals surface area contributed by atoms with E-state index in [1.807, 2.05) is 42.5 Å². The van der Waals surface area contributed by atoms with E-state index < -0.39 is 34.7 Å². The predicted octanol–water partition coefficient (Wildman–Crippen LogP) is 9.84. The van der Waals surface area contributed by atoms with E-state index in [0.717, 1.165) is 32.7 Å². The van der Waals surface area contributed by atoms with Crippen molar-refractivity contribution in [2.45, 2.75) is 109 Å². The molecule has 2 atom stereocenters. The van der Waals surface area contributed by atoms with Crippen molar-refractivity contribution in [3.63, 3.8) is 0 Å². The Balaban J connectivity index is 1.68. The van der Waals surface area contributed by atoms with E-state index in [1.165, 1.54) is 0 Å². The number of rotatable bonds is 11. The van der Waals surface area contributed by atoms with E-state index in [2.05, 4.69) is 98.1 Å². The number of benzene rings is 3. The molecule has 1 heterocycles. The van der Waals surface area contributed by atoms with Crippen LogP contribution in [0.1, 0.15) is 70.6 Å². The van der Waals surface area contributed by atoms with E-state index in [1.54, 1.807) is 0 Å². The quantitative estimate of drug-likeness (QED) is 0.204. The second-order valence-corrected chi connectivity index (χ2v) is 25.4. The van der Waals surface area contributed by atoms with Gasteiger partial charge in [-0.2, -0.15) is 0 Å². The normalized spacial score (nSPS) is 17.7. The third kappa shape index (κ3) is 8.81. The predicted molar refractivity (Wildman–Crippen MR) is 194 cm³/mol. The van der Waals surface area contributed by atoms with Gasteiger partial charge in [0.1, 0.15) is 12.4 Å². The average molecular weight is 676 g/mol. The maximum absolute atomic E-state index is 13.2. The summed E-state index contributed by atoms with van der Waals surface area (Å²) in [4.78, 5) is 26.5. The SMILES string of the molecule is CC(C)(C)[Si](C)(C)OCc1cc(OCc2cccc(-c3ccccc3)c2)cc(C2CC(=O)N(C(=O)O)C2CO[Si](C)(C)C(C)(C)C)c1. The first kappa shape index (κ1) is 36.6. The van der Waals surface area contributed by atoms with E-state index >= 15 is 0 Å². The van der Waals surface area contributed by atoms with Crippen LogP contribution < -0.4 is 4.74 Å². The minimum atomic E-state index is -2.21. The molecule has 1 N–H and O–H groups in total. The Morgan fingerprint density at radius 3 is 2.02 bits per heavy atom. The number of likely N-dealkylation sites (tertiary alicyclic amines) is 1. The van der Waals surface area contributed by atoms with Crippen LogP contribution in [0, 0.1) is 0 Å². The number of carboxylic acid groups (broad SMARTS) is 1. The van der Waals surface area contributed by atoms with Crippen LogP contribution in [-0.2, 0) is 26.9 Å². The van der Waals surface area contributed by atoms with E-state index in [9.17, 15) is 14.7 Å². The highest BCUT2D eigenvalue weighted by molar-refractivity contribution is 6.74. The van der Waals surface area contributed by atoms with Crippen LogP contribution in [0.2, 0.25) is 36.3 Å². The molecule has 1 aliphatic rings. The molecule has 3 aromatic rings. The van der Waals surface area contributed by atoms with Gasteiger partial charge in [-0.1, -0.05) is 96.1 Å². The summed E-state index contributed by atoms with van der Waals surface area (Å²) in [7, 11) is -4.28. The summed E-state index contributed by atoms with van der Waals surface area (Å²) >= 11 is 0. The third-order valence-electron chi connectivity index (χ3n) is 10.3. The molecule has 7 nitrogen and oxygen atoms in total. The van der Waals surface area contributed by atoms with E-state index in [-0.39, 0.29) is 29.0 Å². The zero-order valence-corrected chi connectivity index (χ0v) is 31.8. The highest BCUT2D eigenvalue weighted by Gasteiger charge is 2.47. The van der Waals surface area contributed by atoms with Crippen LogP contribution in [0.5, 0.6) is 5.75 Å². The van der Waals surface area contributed by atoms with Crippen molar-refractivity contribution in [3.8, 4) is 16.9 Å². The molecule has 254 valence electrons. The molecule has 2 unspecified atom stereocenters. The summed E-state index contributed by atoms with van der Waals surface area (Å²) in [5.74, 6) is -0.124. The summed E-state index contributed by atoms with van der Waals surface area (Å²) in [6.07, 6.45) is -1.16. The van der Waals surface area contributed by atoms with Gasteiger partial charge in [0, 0.05) is 12.3 Å². The summed E-state index contributed by atoms with van der Waals surface area (Å²) in [5.41, 5.74) is 5.08. The second-order valence-electron chi connectivity index (χ2n) is 15.8. The van der Waals surface area contributed by atoms with Gasteiger partial charge < -0.3 is 18.7 Å². The fourth-order valence-electron chi connectivity index (χ4n) is 5.26. The summed E-state index contributed by atoms with van der Waals surface area (Å²) in [6.45, 7) is 22.7. The molecule has 1 saturated heterocycles. The maximum atomic E-state index is 13.2. The number of carbonyl (C=O) groups is 2. The average Bonchev–Trinajstić information content (AvgIpc) is 3.33. The Hall–Kier alpha value is -3.25. The fourth-order valence-corrected chi connectivity index (χ4v) is 7.24. The van der Waals surface area contributed by atoms with Crippen LogP contribution in [0.3, 0.4) is 0 Å². The van der Waals surface area contributed by atoms with Gasteiger partial charge in [-0.15, -0.1) is 0 Å². The van der Waals surface area contributed by atoms with Crippen molar-refractivity contribution in [2.24, 2.45) is 0 Å². The lowest BCUT2D eigenvalue weighted by Gasteiger charge is -2.38. The highest BCUT2D eigenvalue weighted by Crippen LogP contribution is 2.41. The van der Waals surface area contributed by atoms with Crippen molar-refractivity contribution in [1.29, 1.82) is 0 Å². The fraction of sp³-hybridized carbons (Fsp3) is 0.474. The lowest BCUT2D eigenvalue weighted by Crippen LogP contribution is -2.47. The van der Waals surface area contributed by atoms with Crippen molar-refractivity contribution < 1.29 is 28.3 Å². The topological polar surface area (TPSA) is 85.3 Å². The molecule has 47 heavy (non-hydrogen) atoms. The molecule has 9 heteroatoms. The minimum absolute atomic E-state index is 0.0414. The molecule has 3 aromatic carbocycles. The molecule has 0 spiro atoms. The number of imide groups is 1. The molecule has 0 bridgehead atoms. The van der Waals surface area contributed by atoms with Gasteiger partial charge in [-0.3, -0.25) is 4.79 Å². The van der Waals surface area contributed by atoms with Crippen LogP contribution in [0.15, 0.2) is 72.8 Å². The van der Waals surface area contributed by atoms with Crippen LogP contribution in [0.25, 0.3) is 11.1 Å². The lowest BCUT2D eigenvalue weighted by molar-refractivity contribution is -0.127. The number of nitrogens with zero attached hydrogens (tertiary/aromatic N) is 1. The van der Waals surface area contributed by atoms with Gasteiger partial charge in [0.2, 0.25) is 5.91 Å². The highest BCUT2D eigenvalue weighted by atomic mass is 28.4. The summed E-state index contributed by atoms with van der Waals surface area (Å²) in [5, 5.41) is 10.1. The van der Waals surface area contributed by atoms with Crippen LogP contribution in [0.4, 0.5) is 4.79 Å². The number of hydrogen-bond donors (Lipinski definition) is 1. The lowest BCUT2D eigenvalue weighted by atomic mass is 9.90. The van der Waals surface area contributed by atoms with Crippen molar-refractivity contribution in [2.75, 3.05) is 6.61 Å². The molecule has 1 aliphatic heterocycles. The van der Waals surface area contributed by atoms with Gasteiger partial charge in [0.25, 0.3) is 0 Å². The number of ether oxygens (including phenoxy) is 1. The Morgan fingerprint density at radius 2 is 1.40 bits per heavy atom. The Morgan fingerprint density at radius 1 is 0.787 bits per heavy atom. The number of carbonyl (C=O) groups excluding carboxylic acids is 1. The van der Waals surface area contributed by atoms with E-state index in [0.29, 0.717) is 19.0 Å². The van der Waals surface area contributed by atoms with E-state index in [4.69, 9.17) is 13.6 Å². The smallest absolute Gasteiger partial charge is 0.414 e.